The zero-order chi connectivity index (χ0) is 15.6. The Kier molecular flexibility index (Phi) is 4.60. The summed E-state index contributed by atoms with van der Waals surface area (Å²) in [5.74, 6) is -0.0970. The van der Waals surface area contributed by atoms with Crippen LogP contribution in [0.2, 0.25) is 0 Å². The lowest BCUT2D eigenvalue weighted by Gasteiger charge is -2.19. The minimum Gasteiger partial charge on any atom is -0.396 e. The molecule has 8 heteroatoms. The van der Waals surface area contributed by atoms with E-state index in [0.717, 1.165) is 18.9 Å². The second kappa shape index (κ2) is 6.08. The molecule has 0 aromatic heterocycles. The van der Waals surface area contributed by atoms with E-state index in [0.29, 0.717) is 12.0 Å². The molecule has 0 bridgehead atoms. The van der Waals surface area contributed by atoms with Gasteiger partial charge in [-0.1, -0.05) is 12.5 Å². The van der Waals surface area contributed by atoms with Gasteiger partial charge in [-0.15, -0.1) is 0 Å². The highest BCUT2D eigenvalue weighted by Crippen LogP contribution is 2.28. The number of nitrogens with zero attached hydrogens (tertiary/aromatic N) is 1. The van der Waals surface area contributed by atoms with Crippen LogP contribution < -0.4 is 4.72 Å². The summed E-state index contributed by atoms with van der Waals surface area (Å²) >= 11 is 0. The van der Waals surface area contributed by atoms with E-state index in [2.05, 4.69) is 4.72 Å². The van der Waals surface area contributed by atoms with Crippen LogP contribution in [-0.2, 0) is 10.0 Å². The minimum absolute atomic E-state index is 0.0682. The predicted molar refractivity (Wildman–Crippen MR) is 76.4 cm³/mol. The van der Waals surface area contributed by atoms with Gasteiger partial charge >= 0.3 is 0 Å². The van der Waals surface area contributed by atoms with E-state index >= 15 is 0 Å². The van der Waals surface area contributed by atoms with Gasteiger partial charge in [-0.3, -0.25) is 10.1 Å². The molecule has 0 amide bonds. The van der Waals surface area contributed by atoms with E-state index in [9.17, 15) is 23.6 Å². The fourth-order valence-corrected chi connectivity index (χ4v) is 3.99. The van der Waals surface area contributed by atoms with Crippen molar-refractivity contribution in [1.82, 2.24) is 4.72 Å². The maximum absolute atomic E-state index is 12.3. The van der Waals surface area contributed by atoms with Crippen LogP contribution in [0.15, 0.2) is 23.1 Å². The molecule has 0 saturated heterocycles. The molecule has 0 heterocycles. The van der Waals surface area contributed by atoms with Crippen molar-refractivity contribution in [2.45, 2.75) is 37.1 Å². The highest BCUT2D eigenvalue weighted by Gasteiger charge is 2.31. The number of nitrogens with one attached hydrogen (secondary N) is 1. The first kappa shape index (κ1) is 15.9. The van der Waals surface area contributed by atoms with Gasteiger partial charge in [0.1, 0.15) is 0 Å². The fraction of sp³-hybridized carbons (Fsp3) is 0.538. The predicted octanol–water partition coefficient (Wildman–Crippen LogP) is 1.34. The Labute approximate surface area is 123 Å². The van der Waals surface area contributed by atoms with E-state index in [1.165, 1.54) is 12.1 Å². The Morgan fingerprint density at radius 2 is 2.14 bits per heavy atom. The summed E-state index contributed by atoms with van der Waals surface area (Å²) in [6, 6.07) is 3.53. The van der Waals surface area contributed by atoms with E-state index < -0.39 is 14.9 Å². The van der Waals surface area contributed by atoms with Crippen molar-refractivity contribution in [2.75, 3.05) is 6.61 Å². The average Bonchev–Trinajstić information content (AvgIpc) is 2.85. The topological polar surface area (TPSA) is 110 Å². The number of hydrogen-bond acceptors (Lipinski definition) is 5. The highest BCUT2D eigenvalue weighted by molar-refractivity contribution is 7.89. The monoisotopic (exact) mass is 314 g/mol. The van der Waals surface area contributed by atoms with Gasteiger partial charge in [0.2, 0.25) is 10.0 Å². The van der Waals surface area contributed by atoms with Gasteiger partial charge in [0.15, 0.2) is 0 Å². The normalized spacial score (nSPS) is 22.4. The highest BCUT2D eigenvalue weighted by atomic mass is 32.2. The van der Waals surface area contributed by atoms with Gasteiger partial charge in [0.25, 0.3) is 5.69 Å². The number of nitro groups is 1. The molecule has 2 rings (SSSR count). The Hall–Kier alpha value is -1.51. The molecule has 0 aliphatic heterocycles. The lowest BCUT2D eigenvalue weighted by Crippen LogP contribution is -2.38. The van der Waals surface area contributed by atoms with Crippen LogP contribution in [0, 0.1) is 23.0 Å². The van der Waals surface area contributed by atoms with Crippen LogP contribution in [0.1, 0.15) is 24.8 Å². The first-order valence-corrected chi connectivity index (χ1v) is 8.21. The number of benzene rings is 1. The number of nitro benzene ring substituents is 1. The van der Waals surface area contributed by atoms with Crippen LogP contribution >= 0.6 is 0 Å². The summed E-state index contributed by atoms with van der Waals surface area (Å²) in [5.41, 5.74) is 0.191. The summed E-state index contributed by atoms with van der Waals surface area (Å²) in [4.78, 5) is 10.2. The molecular weight excluding hydrogens is 296 g/mol. The molecule has 2 N–H and O–H groups in total. The van der Waals surface area contributed by atoms with Gasteiger partial charge in [-0.05, 0) is 31.7 Å². The number of aliphatic hydroxyl groups excluding tert-OH is 1. The van der Waals surface area contributed by atoms with E-state index in [4.69, 9.17) is 0 Å². The summed E-state index contributed by atoms with van der Waals surface area (Å²) < 4.78 is 27.2. The van der Waals surface area contributed by atoms with Gasteiger partial charge in [0.05, 0.1) is 9.82 Å². The van der Waals surface area contributed by atoms with E-state index in [1.807, 2.05) is 0 Å². The van der Waals surface area contributed by atoms with Gasteiger partial charge in [-0.2, -0.15) is 0 Å². The molecule has 2 unspecified atom stereocenters. The SMILES string of the molecule is Cc1ccc(S(=O)(=O)NC2CCCC2CO)cc1[N+](=O)[O-]. The zero-order valence-corrected chi connectivity index (χ0v) is 12.5. The number of aliphatic hydroxyl groups is 1. The van der Waals surface area contributed by atoms with Crippen molar-refractivity contribution in [2.24, 2.45) is 5.92 Å². The molecule has 1 aromatic rings. The average molecular weight is 314 g/mol. The second-order valence-electron chi connectivity index (χ2n) is 5.31. The minimum atomic E-state index is -3.83. The first-order chi connectivity index (χ1) is 9.85. The van der Waals surface area contributed by atoms with Crippen LogP contribution in [0.25, 0.3) is 0 Å². The van der Waals surface area contributed by atoms with Crippen LogP contribution in [0.3, 0.4) is 0 Å². The van der Waals surface area contributed by atoms with Crippen LogP contribution in [-0.4, -0.2) is 31.1 Å². The lowest BCUT2D eigenvalue weighted by molar-refractivity contribution is -0.385. The van der Waals surface area contributed by atoms with Crippen LogP contribution in [0.4, 0.5) is 5.69 Å². The number of aryl methyl sites for hydroxylation is 1. The Morgan fingerprint density at radius 1 is 1.43 bits per heavy atom. The van der Waals surface area contributed by atoms with Gasteiger partial charge in [-0.25, -0.2) is 13.1 Å². The van der Waals surface area contributed by atoms with Crippen molar-refractivity contribution in [3.63, 3.8) is 0 Å². The molecule has 1 saturated carbocycles. The van der Waals surface area contributed by atoms with E-state index in [-0.39, 0.29) is 29.1 Å². The number of sulfonamides is 1. The largest absolute Gasteiger partial charge is 0.396 e. The molecular formula is C13H18N2O5S. The number of hydrogen-bond donors (Lipinski definition) is 2. The molecule has 1 aliphatic rings. The van der Waals surface area contributed by atoms with Crippen molar-refractivity contribution in [3.05, 3.63) is 33.9 Å². The summed E-state index contributed by atoms with van der Waals surface area (Å²) in [6.45, 7) is 1.49. The lowest BCUT2D eigenvalue weighted by atomic mass is 10.1. The smallest absolute Gasteiger partial charge is 0.273 e. The van der Waals surface area contributed by atoms with E-state index in [1.54, 1.807) is 6.92 Å². The molecule has 2 atom stereocenters. The van der Waals surface area contributed by atoms with Crippen molar-refractivity contribution in [3.8, 4) is 0 Å². The molecule has 0 radical (unpaired) electrons. The third kappa shape index (κ3) is 3.39. The third-order valence-corrected chi connectivity index (χ3v) is 5.38. The zero-order valence-electron chi connectivity index (χ0n) is 11.7. The Morgan fingerprint density at radius 3 is 2.76 bits per heavy atom. The Balaban J connectivity index is 2.27. The molecule has 1 aliphatic carbocycles. The van der Waals surface area contributed by atoms with Crippen LogP contribution in [0.5, 0.6) is 0 Å². The molecule has 116 valence electrons. The Bertz CT molecular complexity index is 644. The standard InChI is InChI=1S/C13H18N2O5S/c1-9-5-6-11(7-13(9)15(17)18)21(19,20)14-12-4-2-3-10(12)8-16/h5-7,10,12,14,16H,2-4,8H2,1H3. The quantitative estimate of drug-likeness (QED) is 0.629. The number of rotatable bonds is 5. The van der Waals surface area contributed by atoms with Gasteiger partial charge < -0.3 is 5.11 Å². The third-order valence-electron chi connectivity index (χ3n) is 3.89. The summed E-state index contributed by atoms with van der Waals surface area (Å²) in [7, 11) is -3.83. The van der Waals surface area contributed by atoms with Crippen molar-refractivity contribution >= 4 is 15.7 Å². The molecule has 7 nitrogen and oxygen atoms in total. The molecule has 1 aromatic carbocycles. The molecule has 21 heavy (non-hydrogen) atoms. The maximum Gasteiger partial charge on any atom is 0.273 e. The van der Waals surface area contributed by atoms with Gasteiger partial charge in [0, 0.05) is 24.3 Å². The van der Waals surface area contributed by atoms with Crippen molar-refractivity contribution in [1.29, 1.82) is 0 Å². The molecule has 1 fully saturated rings. The molecule has 0 spiro atoms. The summed E-state index contributed by atoms with van der Waals surface area (Å²) in [5, 5.41) is 20.1. The van der Waals surface area contributed by atoms with Crippen molar-refractivity contribution < 1.29 is 18.4 Å². The summed E-state index contributed by atoms with van der Waals surface area (Å²) in [6.07, 6.45) is 2.29. The second-order valence-corrected chi connectivity index (χ2v) is 7.02. The fourth-order valence-electron chi connectivity index (χ4n) is 2.63. The first-order valence-electron chi connectivity index (χ1n) is 6.73. The maximum atomic E-state index is 12.3.